The topological polar surface area (TPSA) is 34.1 Å². The Morgan fingerprint density at radius 3 is 2.76 bits per heavy atom. The fourth-order valence-electron chi connectivity index (χ4n) is 2.78. The molecule has 1 unspecified atom stereocenters. The van der Waals surface area contributed by atoms with Crippen molar-refractivity contribution in [2.75, 3.05) is 13.7 Å². The predicted octanol–water partition coefficient (Wildman–Crippen LogP) is 3.95. The van der Waals surface area contributed by atoms with E-state index in [1.54, 1.807) is 11.3 Å². The van der Waals surface area contributed by atoms with Gasteiger partial charge in [0.1, 0.15) is 10.6 Å². The summed E-state index contributed by atoms with van der Waals surface area (Å²) in [7, 11) is 1.98. The van der Waals surface area contributed by atoms with Gasteiger partial charge in [0.05, 0.1) is 5.69 Å². The van der Waals surface area contributed by atoms with Gasteiger partial charge in [-0.3, -0.25) is 0 Å². The second kappa shape index (κ2) is 6.26. The number of hydrogen-bond acceptors (Lipinski definition) is 4. The molecule has 1 aliphatic heterocycles. The fourth-order valence-corrected chi connectivity index (χ4v) is 4.01. The highest BCUT2D eigenvalue weighted by Gasteiger charge is 2.34. The molecule has 3 nitrogen and oxygen atoms in total. The molecule has 1 saturated heterocycles. The molecule has 0 bridgehead atoms. The zero-order valence-electron chi connectivity index (χ0n) is 12.7. The Morgan fingerprint density at radius 1 is 1.29 bits per heavy atom. The third-order valence-corrected chi connectivity index (χ3v) is 5.30. The average Bonchev–Trinajstić information content (AvgIpc) is 2.94. The van der Waals surface area contributed by atoms with E-state index in [-0.39, 0.29) is 5.60 Å². The lowest BCUT2D eigenvalue weighted by atomic mass is 9.97. The van der Waals surface area contributed by atoms with Crippen molar-refractivity contribution in [1.29, 1.82) is 0 Å². The van der Waals surface area contributed by atoms with Gasteiger partial charge in [-0.05, 0) is 33.2 Å². The lowest BCUT2D eigenvalue weighted by Gasteiger charge is -2.31. The summed E-state index contributed by atoms with van der Waals surface area (Å²) < 4.78 is 6.06. The number of ether oxygens (including phenoxy) is 1. The van der Waals surface area contributed by atoms with E-state index in [4.69, 9.17) is 9.72 Å². The van der Waals surface area contributed by atoms with E-state index in [0.717, 1.165) is 36.7 Å². The summed E-state index contributed by atoms with van der Waals surface area (Å²) in [5.74, 6) is 0. The van der Waals surface area contributed by atoms with E-state index in [2.05, 4.69) is 36.5 Å². The van der Waals surface area contributed by atoms with Crippen LogP contribution in [0.3, 0.4) is 0 Å². The molecule has 2 heterocycles. The van der Waals surface area contributed by atoms with E-state index in [0.29, 0.717) is 0 Å². The van der Waals surface area contributed by atoms with Crippen molar-refractivity contribution in [3.63, 3.8) is 0 Å². The predicted molar refractivity (Wildman–Crippen MR) is 87.5 cm³/mol. The largest absolute Gasteiger partial charge is 0.368 e. The number of nitrogens with zero attached hydrogens (tertiary/aromatic N) is 1. The van der Waals surface area contributed by atoms with Crippen LogP contribution in [0.1, 0.15) is 36.1 Å². The Labute approximate surface area is 130 Å². The second-order valence-electron chi connectivity index (χ2n) is 5.72. The molecule has 3 rings (SSSR count). The van der Waals surface area contributed by atoms with Crippen LogP contribution in [0.4, 0.5) is 0 Å². The molecule has 1 fully saturated rings. The van der Waals surface area contributed by atoms with Crippen LogP contribution in [0.5, 0.6) is 0 Å². The Morgan fingerprint density at radius 2 is 2.10 bits per heavy atom. The first-order chi connectivity index (χ1) is 10.2. The second-order valence-corrected chi connectivity index (χ2v) is 6.81. The molecule has 1 aliphatic rings. The van der Waals surface area contributed by atoms with E-state index in [9.17, 15) is 0 Å². The molecule has 2 aromatic rings. The highest BCUT2D eigenvalue weighted by Crippen LogP contribution is 2.40. The van der Waals surface area contributed by atoms with E-state index in [1.807, 2.05) is 13.1 Å². The van der Waals surface area contributed by atoms with Gasteiger partial charge in [-0.1, -0.05) is 30.3 Å². The van der Waals surface area contributed by atoms with Gasteiger partial charge < -0.3 is 10.1 Å². The van der Waals surface area contributed by atoms with Gasteiger partial charge in [0.15, 0.2) is 0 Å². The zero-order valence-corrected chi connectivity index (χ0v) is 13.5. The summed E-state index contributed by atoms with van der Waals surface area (Å²) in [5, 5.41) is 4.37. The molecule has 1 N–H and O–H groups in total. The molecule has 0 spiro atoms. The quantitative estimate of drug-likeness (QED) is 0.928. The molecule has 0 aliphatic carbocycles. The summed E-state index contributed by atoms with van der Waals surface area (Å²) in [4.78, 5) is 6.23. The molecule has 1 aromatic heterocycles. The van der Waals surface area contributed by atoms with Crippen molar-refractivity contribution in [3.05, 3.63) is 40.2 Å². The molecule has 0 saturated carbocycles. The fraction of sp³-hybridized carbons (Fsp3) is 0.471. The summed E-state index contributed by atoms with van der Waals surface area (Å²) in [6.45, 7) is 3.87. The van der Waals surface area contributed by atoms with Crippen LogP contribution in [-0.4, -0.2) is 18.6 Å². The maximum Gasteiger partial charge on any atom is 0.125 e. The molecule has 4 heteroatoms. The van der Waals surface area contributed by atoms with Crippen LogP contribution < -0.4 is 5.32 Å². The van der Waals surface area contributed by atoms with Crippen molar-refractivity contribution in [3.8, 4) is 11.3 Å². The smallest absolute Gasteiger partial charge is 0.125 e. The molecular weight excluding hydrogens is 280 g/mol. The molecule has 0 amide bonds. The first-order valence-electron chi connectivity index (χ1n) is 7.57. The van der Waals surface area contributed by atoms with Gasteiger partial charge in [0.25, 0.3) is 0 Å². The Hall–Kier alpha value is -1.23. The molecule has 0 radical (unpaired) electrons. The maximum absolute atomic E-state index is 6.06. The minimum absolute atomic E-state index is 0.210. The monoisotopic (exact) mass is 302 g/mol. The van der Waals surface area contributed by atoms with Crippen molar-refractivity contribution < 1.29 is 4.74 Å². The van der Waals surface area contributed by atoms with Crippen molar-refractivity contribution in [2.45, 2.75) is 38.3 Å². The highest BCUT2D eigenvalue weighted by atomic mass is 32.1. The van der Waals surface area contributed by atoms with Gasteiger partial charge in [-0.15, -0.1) is 11.3 Å². The first kappa shape index (κ1) is 14.7. The van der Waals surface area contributed by atoms with Crippen molar-refractivity contribution >= 4 is 11.3 Å². The Balaban J connectivity index is 2.00. The van der Waals surface area contributed by atoms with Gasteiger partial charge >= 0.3 is 0 Å². The van der Waals surface area contributed by atoms with Crippen LogP contribution in [0.25, 0.3) is 11.3 Å². The van der Waals surface area contributed by atoms with Crippen LogP contribution in [0.15, 0.2) is 30.3 Å². The van der Waals surface area contributed by atoms with Crippen LogP contribution in [0, 0.1) is 0 Å². The van der Waals surface area contributed by atoms with E-state index in [1.165, 1.54) is 16.9 Å². The SMILES string of the molecule is CNCc1sc(C2(C)CCCCO2)nc1-c1ccccc1. The number of aromatic nitrogens is 1. The molecule has 21 heavy (non-hydrogen) atoms. The summed E-state index contributed by atoms with van der Waals surface area (Å²) >= 11 is 1.79. The lowest BCUT2D eigenvalue weighted by molar-refractivity contribution is -0.0701. The van der Waals surface area contributed by atoms with Gasteiger partial charge in [0.2, 0.25) is 0 Å². The van der Waals surface area contributed by atoms with Gasteiger partial charge in [0, 0.05) is 23.6 Å². The first-order valence-corrected chi connectivity index (χ1v) is 8.39. The molecule has 1 aromatic carbocycles. The molecule has 112 valence electrons. The van der Waals surface area contributed by atoms with Crippen LogP contribution >= 0.6 is 11.3 Å². The normalized spacial score (nSPS) is 22.4. The van der Waals surface area contributed by atoms with Crippen LogP contribution in [-0.2, 0) is 16.9 Å². The van der Waals surface area contributed by atoms with Gasteiger partial charge in [-0.25, -0.2) is 4.98 Å². The average molecular weight is 302 g/mol. The Bertz CT molecular complexity index is 588. The molecular formula is C17H22N2OS. The third kappa shape index (κ3) is 3.03. The van der Waals surface area contributed by atoms with Crippen LogP contribution in [0.2, 0.25) is 0 Å². The van der Waals surface area contributed by atoms with Gasteiger partial charge in [-0.2, -0.15) is 0 Å². The summed E-state index contributed by atoms with van der Waals surface area (Å²) in [6, 6.07) is 10.4. The maximum atomic E-state index is 6.06. The van der Waals surface area contributed by atoms with E-state index < -0.39 is 0 Å². The number of thiazole rings is 1. The number of hydrogen-bond donors (Lipinski definition) is 1. The third-order valence-electron chi connectivity index (χ3n) is 4.00. The molecule has 1 atom stereocenters. The zero-order chi connectivity index (χ0) is 14.7. The number of benzene rings is 1. The standard InChI is InChI=1S/C17H22N2OS/c1-17(10-6-7-11-20-17)16-19-15(14(21-16)12-18-2)13-8-4-3-5-9-13/h3-5,8-9,18H,6-7,10-12H2,1-2H3. The van der Waals surface area contributed by atoms with E-state index >= 15 is 0 Å². The highest BCUT2D eigenvalue weighted by molar-refractivity contribution is 7.12. The van der Waals surface area contributed by atoms with Crippen molar-refractivity contribution in [1.82, 2.24) is 10.3 Å². The number of nitrogens with one attached hydrogen (secondary N) is 1. The Kier molecular flexibility index (Phi) is 4.38. The minimum atomic E-state index is -0.210. The lowest BCUT2D eigenvalue weighted by Crippen LogP contribution is -2.29. The van der Waals surface area contributed by atoms with Crippen molar-refractivity contribution in [2.24, 2.45) is 0 Å². The summed E-state index contributed by atoms with van der Waals surface area (Å²) in [5.41, 5.74) is 2.07. The minimum Gasteiger partial charge on any atom is -0.368 e. The number of rotatable bonds is 4. The summed E-state index contributed by atoms with van der Waals surface area (Å²) in [6.07, 6.45) is 3.45.